The van der Waals surface area contributed by atoms with Gasteiger partial charge in [0, 0.05) is 43.5 Å². The molecule has 0 saturated carbocycles. The van der Waals surface area contributed by atoms with Crippen LogP contribution in [0.25, 0.3) is 10.2 Å². The maximum Gasteiger partial charge on any atom is 0.317 e. The van der Waals surface area contributed by atoms with E-state index in [0.717, 1.165) is 61.4 Å². The summed E-state index contributed by atoms with van der Waals surface area (Å²) in [5, 5.41) is 4.20. The highest BCUT2D eigenvalue weighted by Crippen LogP contribution is 2.41. The maximum atomic E-state index is 12.2. The minimum Gasteiger partial charge on any atom is -0.352 e. The highest BCUT2D eigenvalue weighted by Gasteiger charge is 2.29. The van der Waals surface area contributed by atoms with Gasteiger partial charge in [-0.1, -0.05) is 20.8 Å². The van der Waals surface area contributed by atoms with Crippen LogP contribution in [-0.2, 0) is 12.8 Å². The Labute approximate surface area is 177 Å². The molecule has 6 nitrogen and oxygen atoms in total. The summed E-state index contributed by atoms with van der Waals surface area (Å²) < 4.78 is 0. The number of thiophene rings is 1. The van der Waals surface area contributed by atoms with Gasteiger partial charge in [-0.05, 0) is 44.1 Å². The first kappa shape index (κ1) is 20.4. The number of nitrogens with zero attached hydrogens (tertiary/aromatic N) is 4. The van der Waals surface area contributed by atoms with Crippen molar-refractivity contribution in [2.45, 2.75) is 59.3 Å². The third-order valence-electron chi connectivity index (χ3n) is 6.40. The van der Waals surface area contributed by atoms with Gasteiger partial charge in [0.2, 0.25) is 0 Å². The lowest BCUT2D eigenvalue weighted by Crippen LogP contribution is -2.52. The molecule has 0 aromatic carbocycles. The van der Waals surface area contributed by atoms with E-state index in [2.05, 4.69) is 31.0 Å². The van der Waals surface area contributed by atoms with E-state index in [-0.39, 0.29) is 6.03 Å². The Morgan fingerprint density at radius 1 is 1.24 bits per heavy atom. The fourth-order valence-electron chi connectivity index (χ4n) is 4.36. The van der Waals surface area contributed by atoms with Gasteiger partial charge in [-0.2, -0.15) is 0 Å². The number of nitrogens with one attached hydrogen (secondary N) is 1. The molecule has 4 rings (SSSR count). The third kappa shape index (κ3) is 3.93. The van der Waals surface area contributed by atoms with Gasteiger partial charge in [-0.3, -0.25) is 0 Å². The number of hydrogen-bond acceptors (Lipinski definition) is 5. The van der Waals surface area contributed by atoms with Crippen molar-refractivity contribution in [2.24, 2.45) is 5.92 Å². The molecule has 2 amide bonds. The van der Waals surface area contributed by atoms with Crippen molar-refractivity contribution in [1.29, 1.82) is 0 Å². The smallest absolute Gasteiger partial charge is 0.317 e. The number of aromatic nitrogens is 2. The Kier molecular flexibility index (Phi) is 5.95. The van der Waals surface area contributed by atoms with Crippen molar-refractivity contribution in [3.8, 4) is 0 Å². The van der Waals surface area contributed by atoms with E-state index in [1.54, 1.807) is 0 Å². The first-order valence-electron chi connectivity index (χ1n) is 11.1. The molecule has 0 spiro atoms. The zero-order valence-corrected chi connectivity index (χ0v) is 18.9. The van der Waals surface area contributed by atoms with Crippen molar-refractivity contribution in [3.63, 3.8) is 0 Å². The van der Waals surface area contributed by atoms with Crippen LogP contribution in [0.4, 0.5) is 10.6 Å². The number of aryl methyl sites for hydroxylation is 1. The van der Waals surface area contributed by atoms with Gasteiger partial charge in [-0.15, -0.1) is 11.3 Å². The number of piperazine rings is 1. The predicted octanol–water partition coefficient (Wildman–Crippen LogP) is 4.18. The van der Waals surface area contributed by atoms with Crippen LogP contribution in [0.15, 0.2) is 0 Å². The molecule has 0 bridgehead atoms. The Hall–Kier alpha value is -1.89. The maximum absolute atomic E-state index is 12.2. The lowest BCUT2D eigenvalue weighted by Gasteiger charge is -2.36. The molecule has 3 heterocycles. The van der Waals surface area contributed by atoms with E-state index in [1.165, 1.54) is 28.7 Å². The Balaban J connectivity index is 1.70. The van der Waals surface area contributed by atoms with E-state index in [0.29, 0.717) is 12.5 Å². The largest absolute Gasteiger partial charge is 0.352 e. The molecular formula is C22H33N5OS. The van der Waals surface area contributed by atoms with Crippen LogP contribution in [0.2, 0.25) is 0 Å². The molecule has 0 radical (unpaired) electrons. The van der Waals surface area contributed by atoms with Gasteiger partial charge in [0.05, 0.1) is 5.39 Å². The second kappa shape index (κ2) is 8.46. The minimum absolute atomic E-state index is 0.0437. The lowest BCUT2D eigenvalue weighted by molar-refractivity contribution is 0.195. The number of amides is 2. The number of anilines is 1. The Bertz CT molecular complexity index is 887. The topological polar surface area (TPSA) is 61.4 Å². The average molecular weight is 416 g/mol. The molecule has 158 valence electrons. The van der Waals surface area contributed by atoms with Crippen molar-refractivity contribution in [1.82, 2.24) is 20.2 Å². The summed E-state index contributed by atoms with van der Waals surface area (Å²) in [6, 6.07) is 0.0437. The number of carbonyl (C=O) groups is 1. The van der Waals surface area contributed by atoms with Gasteiger partial charge < -0.3 is 15.1 Å². The summed E-state index contributed by atoms with van der Waals surface area (Å²) in [6.07, 6.45) is 4.59. The molecule has 2 aromatic rings. The third-order valence-corrected chi connectivity index (χ3v) is 7.55. The van der Waals surface area contributed by atoms with Crippen LogP contribution in [0.1, 0.15) is 62.7 Å². The van der Waals surface area contributed by atoms with Crippen LogP contribution in [0.5, 0.6) is 0 Å². The van der Waals surface area contributed by atoms with E-state index < -0.39 is 0 Å². The molecule has 1 aliphatic carbocycles. The summed E-state index contributed by atoms with van der Waals surface area (Å²) in [4.78, 5) is 29.3. The normalized spacial score (nSPS) is 20.6. The van der Waals surface area contributed by atoms with Crippen molar-refractivity contribution in [3.05, 3.63) is 16.3 Å². The first-order valence-corrected chi connectivity index (χ1v) is 11.9. The number of urea groups is 1. The van der Waals surface area contributed by atoms with Crippen LogP contribution >= 0.6 is 11.3 Å². The summed E-state index contributed by atoms with van der Waals surface area (Å²) in [6.45, 7) is 12.5. The van der Waals surface area contributed by atoms with Crippen molar-refractivity contribution >= 4 is 33.4 Å². The molecule has 2 aromatic heterocycles. The molecule has 1 N–H and O–H groups in total. The number of hydrogen-bond donors (Lipinski definition) is 1. The SMILES string of the molecule is CCNC(=O)N1CCN(c2nc([C@H](C)CC)nc3sc4c(c23)CC[C@@H](C)C4)CC1. The van der Waals surface area contributed by atoms with E-state index in [4.69, 9.17) is 9.97 Å². The summed E-state index contributed by atoms with van der Waals surface area (Å²) in [5.41, 5.74) is 1.49. The molecule has 1 fully saturated rings. The molecule has 7 heteroatoms. The van der Waals surface area contributed by atoms with Gasteiger partial charge in [0.1, 0.15) is 16.5 Å². The monoisotopic (exact) mass is 415 g/mol. The minimum atomic E-state index is 0.0437. The van der Waals surface area contributed by atoms with Crippen molar-refractivity contribution in [2.75, 3.05) is 37.6 Å². The number of carbonyl (C=O) groups excluding carboxylic acids is 1. The standard InChI is InChI=1S/C22H33N5OS/c1-5-15(4)19-24-20(26-9-11-27(12-10-26)22(28)23-6-2)18-16-8-7-14(3)13-17(16)29-21(18)25-19/h14-15H,5-13H2,1-4H3,(H,23,28)/t14-,15-/m1/s1. The highest BCUT2D eigenvalue weighted by atomic mass is 32.1. The molecule has 1 saturated heterocycles. The van der Waals surface area contributed by atoms with E-state index in [1.807, 2.05) is 23.2 Å². The van der Waals surface area contributed by atoms with E-state index >= 15 is 0 Å². The van der Waals surface area contributed by atoms with Gasteiger partial charge in [0.15, 0.2) is 0 Å². The van der Waals surface area contributed by atoms with Crippen molar-refractivity contribution < 1.29 is 4.79 Å². The summed E-state index contributed by atoms with van der Waals surface area (Å²) >= 11 is 1.88. The average Bonchev–Trinajstić information content (AvgIpc) is 3.10. The predicted molar refractivity (Wildman–Crippen MR) is 120 cm³/mol. The quantitative estimate of drug-likeness (QED) is 0.814. The molecule has 0 unspecified atom stereocenters. The zero-order valence-electron chi connectivity index (χ0n) is 18.1. The molecular weight excluding hydrogens is 382 g/mol. The first-order chi connectivity index (χ1) is 14.0. The van der Waals surface area contributed by atoms with Crippen LogP contribution in [-0.4, -0.2) is 53.6 Å². The summed E-state index contributed by atoms with van der Waals surface area (Å²) in [5.74, 6) is 3.18. The van der Waals surface area contributed by atoms with Crippen LogP contribution in [0.3, 0.4) is 0 Å². The Morgan fingerprint density at radius 2 is 2.00 bits per heavy atom. The molecule has 2 atom stereocenters. The Morgan fingerprint density at radius 3 is 2.69 bits per heavy atom. The number of fused-ring (bicyclic) bond motifs is 3. The van der Waals surface area contributed by atoms with Crippen LogP contribution in [0, 0.1) is 5.92 Å². The highest BCUT2D eigenvalue weighted by molar-refractivity contribution is 7.19. The second-order valence-electron chi connectivity index (χ2n) is 8.56. The zero-order chi connectivity index (χ0) is 20.5. The molecule has 29 heavy (non-hydrogen) atoms. The molecule has 1 aliphatic heterocycles. The van der Waals surface area contributed by atoms with Gasteiger partial charge in [0.25, 0.3) is 0 Å². The second-order valence-corrected chi connectivity index (χ2v) is 9.64. The lowest BCUT2D eigenvalue weighted by atomic mass is 9.89. The van der Waals surface area contributed by atoms with E-state index in [9.17, 15) is 4.79 Å². The fraction of sp³-hybridized carbons (Fsp3) is 0.682. The summed E-state index contributed by atoms with van der Waals surface area (Å²) in [7, 11) is 0. The van der Waals surface area contributed by atoms with Gasteiger partial charge >= 0.3 is 6.03 Å². The van der Waals surface area contributed by atoms with Crippen LogP contribution < -0.4 is 10.2 Å². The van der Waals surface area contributed by atoms with Gasteiger partial charge in [-0.25, -0.2) is 14.8 Å². The molecule has 2 aliphatic rings. The number of rotatable bonds is 4. The fourth-order valence-corrected chi connectivity index (χ4v) is 5.74.